The number of piperidine rings is 1. The van der Waals surface area contributed by atoms with Crippen molar-refractivity contribution in [1.82, 2.24) is 24.6 Å². The molecule has 2 aromatic heterocycles. The zero-order chi connectivity index (χ0) is 20.3. The van der Waals surface area contributed by atoms with Crippen LogP contribution in [0.4, 0.5) is 0 Å². The number of pyridine rings is 1. The maximum Gasteiger partial charge on any atom is 0.263 e. The van der Waals surface area contributed by atoms with Gasteiger partial charge in [-0.15, -0.1) is 0 Å². The van der Waals surface area contributed by atoms with Crippen molar-refractivity contribution >= 4 is 5.91 Å². The normalized spacial score (nSPS) is 16.6. The molecule has 0 saturated carbocycles. The summed E-state index contributed by atoms with van der Waals surface area (Å²) in [6, 6.07) is 5.53. The molecule has 8 heteroatoms. The van der Waals surface area contributed by atoms with Gasteiger partial charge in [0.15, 0.2) is 0 Å². The van der Waals surface area contributed by atoms with Gasteiger partial charge in [-0.1, -0.05) is 0 Å². The number of hydrogen-bond donors (Lipinski definition) is 1. The number of nitriles is 1. The zero-order valence-corrected chi connectivity index (χ0v) is 16.6. The molecule has 0 bridgehead atoms. The van der Waals surface area contributed by atoms with E-state index in [4.69, 9.17) is 5.26 Å². The molecule has 0 spiro atoms. The van der Waals surface area contributed by atoms with Gasteiger partial charge in [0.05, 0.1) is 12.2 Å². The second kappa shape index (κ2) is 8.40. The first-order chi connectivity index (χ1) is 13.4. The molecule has 1 amide bonds. The highest BCUT2D eigenvalue weighted by Gasteiger charge is 2.22. The summed E-state index contributed by atoms with van der Waals surface area (Å²) in [6.45, 7) is 4.54. The summed E-state index contributed by atoms with van der Waals surface area (Å²) in [7, 11) is 3.33. The van der Waals surface area contributed by atoms with Crippen molar-refractivity contribution in [1.29, 1.82) is 5.26 Å². The van der Waals surface area contributed by atoms with E-state index in [0.717, 1.165) is 25.9 Å². The average molecular weight is 382 g/mol. The lowest BCUT2D eigenvalue weighted by Gasteiger charge is -2.24. The SMILES string of the molecule is Cc1ccn(CC2CCCNC2)c(=O)c1C(=O)N(C)Cc1cc(C#N)n(C)n1. The molecular formula is C20H26N6O2. The van der Waals surface area contributed by atoms with E-state index in [1.54, 1.807) is 37.8 Å². The molecule has 8 nitrogen and oxygen atoms in total. The second-order valence-electron chi connectivity index (χ2n) is 7.46. The Morgan fingerprint density at radius 1 is 1.50 bits per heavy atom. The van der Waals surface area contributed by atoms with Crippen molar-refractivity contribution in [3.63, 3.8) is 0 Å². The molecule has 1 unspecified atom stereocenters. The third kappa shape index (κ3) is 4.15. The largest absolute Gasteiger partial charge is 0.336 e. The van der Waals surface area contributed by atoms with Crippen molar-refractivity contribution in [3.05, 3.63) is 51.2 Å². The molecule has 1 saturated heterocycles. The second-order valence-corrected chi connectivity index (χ2v) is 7.46. The molecule has 1 atom stereocenters. The molecule has 28 heavy (non-hydrogen) atoms. The van der Waals surface area contributed by atoms with Gasteiger partial charge >= 0.3 is 0 Å². The minimum atomic E-state index is -0.331. The average Bonchev–Trinajstić information content (AvgIpc) is 3.04. The van der Waals surface area contributed by atoms with Crippen molar-refractivity contribution in [2.24, 2.45) is 13.0 Å². The highest BCUT2D eigenvalue weighted by molar-refractivity contribution is 5.95. The minimum Gasteiger partial charge on any atom is -0.336 e. The van der Waals surface area contributed by atoms with Crippen molar-refractivity contribution in [2.75, 3.05) is 20.1 Å². The maximum absolute atomic E-state index is 13.0. The number of nitrogens with one attached hydrogen (secondary N) is 1. The molecule has 1 aliphatic rings. The van der Waals surface area contributed by atoms with Crippen molar-refractivity contribution in [3.8, 4) is 6.07 Å². The molecule has 0 aromatic carbocycles. The summed E-state index contributed by atoms with van der Waals surface area (Å²) in [5.74, 6) is 0.0653. The van der Waals surface area contributed by atoms with Gasteiger partial charge in [0, 0.05) is 26.8 Å². The number of hydrogen-bond acceptors (Lipinski definition) is 5. The third-order valence-corrected chi connectivity index (χ3v) is 5.23. The molecule has 1 N–H and O–H groups in total. The number of aromatic nitrogens is 3. The fraction of sp³-hybridized carbons (Fsp3) is 0.500. The molecule has 3 heterocycles. The molecule has 2 aromatic rings. The van der Waals surface area contributed by atoms with Crippen LogP contribution in [-0.4, -0.2) is 45.3 Å². The lowest BCUT2D eigenvalue weighted by molar-refractivity contribution is 0.0779. The van der Waals surface area contributed by atoms with E-state index < -0.39 is 0 Å². The van der Waals surface area contributed by atoms with Crippen LogP contribution in [0.2, 0.25) is 0 Å². The Morgan fingerprint density at radius 3 is 2.93 bits per heavy atom. The topological polar surface area (TPSA) is 96.0 Å². The monoisotopic (exact) mass is 382 g/mol. The molecule has 148 valence electrons. The van der Waals surface area contributed by atoms with Gasteiger partial charge in [-0.05, 0) is 56.5 Å². The standard InChI is InChI=1S/C20H26N6O2/c1-14-6-8-26(12-15-5-4-7-22-11-15)20(28)18(14)19(27)24(2)13-16-9-17(10-21)25(3)23-16/h6,8-9,15,22H,4-5,7,11-13H2,1-3H3. The Kier molecular flexibility index (Phi) is 5.95. The highest BCUT2D eigenvalue weighted by Crippen LogP contribution is 2.14. The zero-order valence-electron chi connectivity index (χ0n) is 16.6. The first-order valence-electron chi connectivity index (χ1n) is 9.50. The number of carbonyl (C=O) groups is 1. The van der Waals surface area contributed by atoms with Crippen LogP contribution in [0.3, 0.4) is 0 Å². The fourth-order valence-electron chi connectivity index (χ4n) is 3.64. The minimum absolute atomic E-state index is 0.199. The molecule has 3 rings (SSSR count). The van der Waals surface area contributed by atoms with Crippen molar-refractivity contribution < 1.29 is 4.79 Å². The fourth-order valence-corrected chi connectivity index (χ4v) is 3.64. The van der Waals surface area contributed by atoms with Gasteiger partial charge in [0.1, 0.15) is 17.3 Å². The van der Waals surface area contributed by atoms with E-state index in [2.05, 4.69) is 16.5 Å². The predicted octanol–water partition coefficient (Wildman–Crippen LogP) is 1.03. The summed E-state index contributed by atoms with van der Waals surface area (Å²) in [5.41, 5.74) is 1.65. The number of aryl methyl sites for hydroxylation is 2. The molecular weight excluding hydrogens is 356 g/mol. The Morgan fingerprint density at radius 2 is 2.29 bits per heavy atom. The number of carbonyl (C=O) groups excluding carboxylic acids is 1. The Bertz CT molecular complexity index is 962. The lowest BCUT2D eigenvalue weighted by Crippen LogP contribution is -2.38. The Labute approximate surface area is 164 Å². The number of nitrogens with zero attached hydrogens (tertiary/aromatic N) is 5. The van der Waals surface area contributed by atoms with Gasteiger partial charge < -0.3 is 14.8 Å². The van der Waals surface area contributed by atoms with Crippen LogP contribution in [0.15, 0.2) is 23.1 Å². The summed E-state index contributed by atoms with van der Waals surface area (Å²) in [4.78, 5) is 27.5. The maximum atomic E-state index is 13.0. The van der Waals surface area contributed by atoms with Gasteiger partial charge in [-0.25, -0.2) is 0 Å². The van der Waals surface area contributed by atoms with Crippen LogP contribution in [0.5, 0.6) is 0 Å². The molecule has 1 aliphatic heterocycles. The van der Waals surface area contributed by atoms with Gasteiger partial charge in [0.2, 0.25) is 0 Å². The van der Waals surface area contributed by atoms with Crippen LogP contribution >= 0.6 is 0 Å². The van der Waals surface area contributed by atoms with E-state index in [9.17, 15) is 9.59 Å². The smallest absolute Gasteiger partial charge is 0.263 e. The summed E-state index contributed by atoms with van der Waals surface area (Å²) < 4.78 is 3.13. The molecule has 0 radical (unpaired) electrons. The Hall–Kier alpha value is -2.92. The van der Waals surface area contributed by atoms with E-state index in [-0.39, 0.29) is 23.6 Å². The highest BCUT2D eigenvalue weighted by atomic mass is 16.2. The van der Waals surface area contributed by atoms with Crippen LogP contribution in [-0.2, 0) is 20.1 Å². The van der Waals surface area contributed by atoms with E-state index in [0.29, 0.717) is 29.4 Å². The van der Waals surface area contributed by atoms with Crippen LogP contribution in [0, 0.1) is 24.2 Å². The first kappa shape index (κ1) is 19.8. The van der Waals surface area contributed by atoms with Crippen LogP contribution in [0.1, 0.15) is 40.2 Å². The molecule has 0 aliphatic carbocycles. The van der Waals surface area contributed by atoms with Gasteiger partial charge in [-0.3, -0.25) is 14.3 Å². The summed E-state index contributed by atoms with van der Waals surface area (Å²) >= 11 is 0. The quantitative estimate of drug-likeness (QED) is 0.833. The Balaban J connectivity index is 1.80. The predicted molar refractivity (Wildman–Crippen MR) is 105 cm³/mol. The number of amides is 1. The third-order valence-electron chi connectivity index (χ3n) is 5.23. The van der Waals surface area contributed by atoms with E-state index in [1.807, 2.05) is 6.07 Å². The lowest BCUT2D eigenvalue weighted by atomic mass is 9.99. The number of rotatable bonds is 5. The van der Waals surface area contributed by atoms with Gasteiger partial charge in [0.25, 0.3) is 11.5 Å². The van der Waals surface area contributed by atoms with E-state index >= 15 is 0 Å². The summed E-state index contributed by atoms with van der Waals surface area (Å²) in [6.07, 6.45) is 3.97. The van der Waals surface area contributed by atoms with Crippen molar-refractivity contribution in [2.45, 2.75) is 32.9 Å². The van der Waals surface area contributed by atoms with E-state index in [1.165, 1.54) is 9.58 Å². The first-order valence-corrected chi connectivity index (χ1v) is 9.50. The van der Waals surface area contributed by atoms with Gasteiger partial charge in [-0.2, -0.15) is 10.4 Å². The van der Waals surface area contributed by atoms with Crippen LogP contribution < -0.4 is 10.9 Å². The van der Waals surface area contributed by atoms with Crippen LogP contribution in [0.25, 0.3) is 0 Å². The summed E-state index contributed by atoms with van der Waals surface area (Å²) in [5, 5.41) is 16.7. The molecule has 1 fully saturated rings.